The normalized spacial score (nSPS) is 45.7. The van der Waals surface area contributed by atoms with E-state index in [9.17, 15) is 0 Å². The van der Waals surface area contributed by atoms with Crippen molar-refractivity contribution in [2.45, 2.75) is 51.0 Å². The van der Waals surface area contributed by atoms with E-state index in [-0.39, 0.29) is 0 Å². The lowest BCUT2D eigenvalue weighted by molar-refractivity contribution is 0.117. The third kappa shape index (κ3) is 1.41. The van der Waals surface area contributed by atoms with E-state index in [1.807, 2.05) is 0 Å². The molecule has 1 atom stereocenters. The maximum atomic E-state index is 2.83. The molecule has 0 aromatic rings. The van der Waals surface area contributed by atoms with Crippen molar-refractivity contribution in [1.82, 2.24) is 4.90 Å². The maximum Gasteiger partial charge on any atom is 0.0124 e. The summed E-state index contributed by atoms with van der Waals surface area (Å²) in [6.45, 7) is 2.86. The van der Waals surface area contributed by atoms with Gasteiger partial charge in [0.05, 0.1) is 0 Å². The molecule has 74 valence electrons. The molecule has 3 heterocycles. The Hall–Kier alpha value is -0.0400. The highest BCUT2D eigenvalue weighted by molar-refractivity contribution is 4.91. The van der Waals surface area contributed by atoms with E-state index in [0.29, 0.717) is 0 Å². The highest BCUT2D eigenvalue weighted by Crippen LogP contribution is 2.40. The first-order valence-corrected chi connectivity index (χ1v) is 6.17. The molecule has 1 nitrogen and oxygen atoms in total. The molecule has 4 rings (SSSR count). The number of fused-ring (bicyclic) bond motifs is 2. The van der Waals surface area contributed by atoms with Gasteiger partial charge in [0.25, 0.3) is 0 Å². The molecule has 0 amide bonds. The van der Waals surface area contributed by atoms with E-state index >= 15 is 0 Å². The standard InChI is InChI=1S/C12H21N/c1-2-8-13-9-10-4-6-11(7-5-10)12(13)3-1/h10-12H,1-9H2. The smallest absolute Gasteiger partial charge is 0.0124 e. The minimum absolute atomic E-state index is 1.00. The van der Waals surface area contributed by atoms with Gasteiger partial charge in [0.2, 0.25) is 0 Å². The minimum Gasteiger partial charge on any atom is -0.300 e. The van der Waals surface area contributed by atoms with Crippen molar-refractivity contribution in [3.05, 3.63) is 0 Å². The van der Waals surface area contributed by atoms with E-state index in [1.54, 1.807) is 12.8 Å². The fraction of sp³-hybridized carbons (Fsp3) is 1.00. The van der Waals surface area contributed by atoms with Gasteiger partial charge in [-0.25, -0.2) is 0 Å². The molecule has 0 aromatic carbocycles. The second-order valence-corrected chi connectivity index (χ2v) is 5.34. The Labute approximate surface area is 81.5 Å². The van der Waals surface area contributed by atoms with Gasteiger partial charge >= 0.3 is 0 Å². The van der Waals surface area contributed by atoms with Crippen LogP contribution in [0.1, 0.15) is 44.9 Å². The molecular formula is C12H21N. The van der Waals surface area contributed by atoms with Gasteiger partial charge in [-0.3, -0.25) is 4.90 Å². The molecule has 0 radical (unpaired) electrons. The zero-order valence-corrected chi connectivity index (χ0v) is 8.54. The summed E-state index contributed by atoms with van der Waals surface area (Å²) in [4.78, 5) is 2.83. The Bertz CT molecular complexity index is 182. The molecule has 13 heavy (non-hydrogen) atoms. The van der Waals surface area contributed by atoms with Crippen LogP contribution in [0, 0.1) is 11.8 Å². The first-order valence-electron chi connectivity index (χ1n) is 6.17. The van der Waals surface area contributed by atoms with Gasteiger partial charge in [-0.05, 0) is 56.9 Å². The van der Waals surface area contributed by atoms with E-state index in [0.717, 1.165) is 17.9 Å². The van der Waals surface area contributed by atoms with Gasteiger partial charge < -0.3 is 0 Å². The molecule has 1 unspecified atom stereocenters. The Morgan fingerprint density at radius 2 is 1.69 bits per heavy atom. The quantitative estimate of drug-likeness (QED) is 0.552. The molecule has 0 spiro atoms. The van der Waals surface area contributed by atoms with Gasteiger partial charge in [-0.2, -0.15) is 0 Å². The van der Waals surface area contributed by atoms with Crippen LogP contribution in [0.4, 0.5) is 0 Å². The first kappa shape index (κ1) is 8.28. The number of hydrogen-bond acceptors (Lipinski definition) is 1. The molecule has 1 aliphatic carbocycles. The van der Waals surface area contributed by atoms with Gasteiger partial charge in [0.1, 0.15) is 0 Å². The van der Waals surface area contributed by atoms with Crippen molar-refractivity contribution >= 4 is 0 Å². The summed E-state index contributed by atoms with van der Waals surface area (Å²) in [5.41, 5.74) is 0. The van der Waals surface area contributed by atoms with Crippen LogP contribution in [0.3, 0.4) is 0 Å². The van der Waals surface area contributed by atoms with E-state index < -0.39 is 0 Å². The third-order valence-electron chi connectivity index (χ3n) is 4.59. The Morgan fingerprint density at radius 1 is 0.846 bits per heavy atom. The molecule has 1 heteroatoms. The van der Waals surface area contributed by atoms with E-state index in [1.165, 1.54) is 45.2 Å². The van der Waals surface area contributed by atoms with Gasteiger partial charge in [0.15, 0.2) is 0 Å². The lowest BCUT2D eigenvalue weighted by Crippen LogP contribution is -2.42. The van der Waals surface area contributed by atoms with Crippen molar-refractivity contribution < 1.29 is 0 Å². The number of piperidine rings is 1. The summed E-state index contributed by atoms with van der Waals surface area (Å²) >= 11 is 0. The van der Waals surface area contributed by atoms with Crippen molar-refractivity contribution in [2.75, 3.05) is 13.1 Å². The molecule has 3 saturated heterocycles. The van der Waals surface area contributed by atoms with E-state index in [4.69, 9.17) is 0 Å². The molecule has 3 aliphatic heterocycles. The van der Waals surface area contributed by atoms with Crippen LogP contribution < -0.4 is 0 Å². The minimum atomic E-state index is 1.00. The lowest BCUT2D eigenvalue weighted by Gasteiger charge is -2.37. The summed E-state index contributed by atoms with van der Waals surface area (Å²) in [7, 11) is 0. The Kier molecular flexibility index (Phi) is 2.08. The number of hydrogen-bond donors (Lipinski definition) is 0. The predicted molar refractivity (Wildman–Crippen MR) is 54.7 cm³/mol. The maximum absolute atomic E-state index is 2.83. The lowest BCUT2D eigenvalue weighted by atomic mass is 9.79. The van der Waals surface area contributed by atoms with Gasteiger partial charge in [0, 0.05) is 12.6 Å². The summed E-state index contributed by atoms with van der Waals surface area (Å²) in [6.07, 6.45) is 10.7. The zero-order chi connectivity index (χ0) is 8.67. The Balaban J connectivity index is 1.82. The first-order chi connectivity index (χ1) is 6.43. The fourth-order valence-electron chi connectivity index (χ4n) is 3.86. The van der Waals surface area contributed by atoms with Crippen molar-refractivity contribution in [3.8, 4) is 0 Å². The summed E-state index contributed by atoms with van der Waals surface area (Å²) in [6, 6.07) is 1.00. The highest BCUT2D eigenvalue weighted by Gasteiger charge is 2.37. The van der Waals surface area contributed by atoms with Crippen LogP contribution in [-0.2, 0) is 0 Å². The van der Waals surface area contributed by atoms with Crippen LogP contribution >= 0.6 is 0 Å². The molecule has 2 bridgehead atoms. The molecule has 1 saturated carbocycles. The van der Waals surface area contributed by atoms with Crippen LogP contribution in [0.2, 0.25) is 0 Å². The third-order valence-corrected chi connectivity index (χ3v) is 4.59. The average molecular weight is 179 g/mol. The summed E-state index contributed by atoms with van der Waals surface area (Å²) in [5, 5.41) is 0. The van der Waals surface area contributed by atoms with Crippen molar-refractivity contribution in [1.29, 1.82) is 0 Å². The van der Waals surface area contributed by atoms with Crippen LogP contribution in [0.25, 0.3) is 0 Å². The van der Waals surface area contributed by atoms with Crippen molar-refractivity contribution in [2.24, 2.45) is 11.8 Å². The van der Waals surface area contributed by atoms with Crippen molar-refractivity contribution in [3.63, 3.8) is 0 Å². The molecular weight excluding hydrogens is 158 g/mol. The monoisotopic (exact) mass is 179 g/mol. The second kappa shape index (κ2) is 3.27. The zero-order valence-electron chi connectivity index (χ0n) is 8.54. The molecule has 0 aromatic heterocycles. The molecule has 4 aliphatic rings. The van der Waals surface area contributed by atoms with Gasteiger partial charge in [-0.1, -0.05) is 6.42 Å². The largest absolute Gasteiger partial charge is 0.300 e. The molecule has 0 N–H and O–H groups in total. The van der Waals surface area contributed by atoms with Crippen LogP contribution in [-0.4, -0.2) is 24.0 Å². The predicted octanol–water partition coefficient (Wildman–Crippen LogP) is 2.66. The summed E-state index contributed by atoms with van der Waals surface area (Å²) < 4.78 is 0. The number of rotatable bonds is 0. The van der Waals surface area contributed by atoms with Gasteiger partial charge in [-0.15, -0.1) is 0 Å². The molecule has 4 fully saturated rings. The van der Waals surface area contributed by atoms with E-state index in [2.05, 4.69) is 4.90 Å². The Morgan fingerprint density at radius 3 is 2.54 bits per heavy atom. The van der Waals surface area contributed by atoms with Crippen LogP contribution in [0.15, 0.2) is 0 Å². The SMILES string of the molecule is C1CCN2CC3CCC(CC3)C2C1. The van der Waals surface area contributed by atoms with Crippen LogP contribution in [0.5, 0.6) is 0 Å². The highest BCUT2D eigenvalue weighted by atomic mass is 15.2. The topological polar surface area (TPSA) is 3.24 Å². The number of nitrogens with zero attached hydrogens (tertiary/aromatic N) is 1. The second-order valence-electron chi connectivity index (χ2n) is 5.34. The average Bonchev–Trinajstić information content (AvgIpc) is 2.46. The fourth-order valence-corrected chi connectivity index (χ4v) is 3.86. The summed E-state index contributed by atoms with van der Waals surface area (Å²) in [5.74, 6) is 2.15.